The molecule has 2 nitrogen and oxygen atoms in total. The van der Waals surface area contributed by atoms with E-state index >= 15 is 0 Å². The molecular formula is C32H50O2. The molecule has 5 aliphatic rings. The van der Waals surface area contributed by atoms with Gasteiger partial charge in [-0.25, -0.2) is 0 Å². The van der Waals surface area contributed by atoms with E-state index in [-0.39, 0.29) is 33.7 Å². The third kappa shape index (κ3) is 3.02. The van der Waals surface area contributed by atoms with Crippen LogP contribution in [0.15, 0.2) is 23.3 Å². The van der Waals surface area contributed by atoms with Gasteiger partial charge in [-0.05, 0) is 96.7 Å². The Hall–Kier alpha value is -1.05. The lowest BCUT2D eigenvalue weighted by Gasteiger charge is -2.69. The van der Waals surface area contributed by atoms with E-state index in [9.17, 15) is 4.79 Å². The number of fused-ring (bicyclic) bond motifs is 7. The number of hydrogen-bond acceptors (Lipinski definition) is 2. The van der Waals surface area contributed by atoms with Gasteiger partial charge in [-0.1, -0.05) is 78.7 Å². The van der Waals surface area contributed by atoms with E-state index in [1.54, 1.807) is 18.1 Å². The first kappa shape index (κ1) is 24.6. The summed E-state index contributed by atoms with van der Waals surface area (Å²) in [5.41, 5.74) is 4.67. The maximum atomic E-state index is 11.9. The van der Waals surface area contributed by atoms with E-state index in [1.165, 1.54) is 38.5 Å². The molecule has 5 aliphatic carbocycles. The summed E-state index contributed by atoms with van der Waals surface area (Å²) in [6.07, 6.45) is 15.4. The van der Waals surface area contributed by atoms with Crippen molar-refractivity contribution in [2.24, 2.45) is 50.7 Å². The number of hydrogen-bond donors (Lipinski definition) is 0. The maximum absolute atomic E-state index is 11.9. The summed E-state index contributed by atoms with van der Waals surface area (Å²) in [5, 5.41) is 0. The van der Waals surface area contributed by atoms with Gasteiger partial charge in [0.25, 0.3) is 0 Å². The number of allylic oxidation sites excluding steroid dienone is 4. The van der Waals surface area contributed by atoms with Crippen molar-refractivity contribution in [1.82, 2.24) is 0 Å². The van der Waals surface area contributed by atoms with Gasteiger partial charge < -0.3 is 4.74 Å². The van der Waals surface area contributed by atoms with Crippen LogP contribution in [0.25, 0.3) is 0 Å². The van der Waals surface area contributed by atoms with Gasteiger partial charge in [0.2, 0.25) is 0 Å². The first-order valence-corrected chi connectivity index (χ1v) is 14.3. The molecule has 5 rings (SSSR count). The second-order valence-corrected chi connectivity index (χ2v) is 14.8. The van der Waals surface area contributed by atoms with Crippen molar-refractivity contribution in [3.63, 3.8) is 0 Å². The Morgan fingerprint density at radius 1 is 0.853 bits per heavy atom. The predicted octanol–water partition coefficient (Wildman–Crippen LogP) is 8.52. The Kier molecular flexibility index (Phi) is 5.42. The average molecular weight is 467 g/mol. The third-order valence-corrected chi connectivity index (χ3v) is 13.0. The molecule has 34 heavy (non-hydrogen) atoms. The summed E-state index contributed by atoms with van der Waals surface area (Å²) in [5.74, 6) is 2.75. The molecule has 0 amide bonds. The fourth-order valence-corrected chi connectivity index (χ4v) is 10.5. The van der Waals surface area contributed by atoms with Crippen molar-refractivity contribution in [3.05, 3.63) is 23.3 Å². The van der Waals surface area contributed by atoms with Crippen LogP contribution in [0.2, 0.25) is 0 Å². The van der Waals surface area contributed by atoms with E-state index in [0.29, 0.717) is 11.3 Å². The molecule has 0 aliphatic heterocycles. The van der Waals surface area contributed by atoms with E-state index in [0.717, 1.165) is 30.6 Å². The van der Waals surface area contributed by atoms with Crippen molar-refractivity contribution in [2.45, 2.75) is 120 Å². The van der Waals surface area contributed by atoms with Gasteiger partial charge in [0.15, 0.2) is 0 Å². The Bertz CT molecular complexity index is 941. The Labute approximate surface area is 209 Å². The topological polar surface area (TPSA) is 26.3 Å². The van der Waals surface area contributed by atoms with Crippen molar-refractivity contribution >= 4 is 5.97 Å². The summed E-state index contributed by atoms with van der Waals surface area (Å²) in [4.78, 5) is 11.9. The SMILES string of the molecule is CC(=O)O[C@H]1CC[C@]2(C)C3=CC=C4[C@@H]5[C@@H](C)[C@H](C)CC[C@]5(C)CC[C@@]4(C)[C@]3(C)CC[C@H]2C1(C)C. The summed E-state index contributed by atoms with van der Waals surface area (Å²) >= 11 is 0. The minimum Gasteiger partial charge on any atom is -0.462 e. The number of esters is 1. The summed E-state index contributed by atoms with van der Waals surface area (Å²) in [7, 11) is 0. The molecule has 0 unspecified atom stereocenters. The first-order valence-electron chi connectivity index (χ1n) is 14.3. The van der Waals surface area contributed by atoms with Crippen LogP contribution < -0.4 is 0 Å². The van der Waals surface area contributed by atoms with Crippen LogP contribution in [0.3, 0.4) is 0 Å². The van der Waals surface area contributed by atoms with Crippen LogP contribution in [0.4, 0.5) is 0 Å². The zero-order valence-corrected chi connectivity index (χ0v) is 23.5. The highest BCUT2D eigenvalue weighted by atomic mass is 16.5. The minimum atomic E-state index is -0.125. The number of carbonyl (C=O) groups excluding carboxylic acids is 1. The fourth-order valence-electron chi connectivity index (χ4n) is 10.5. The van der Waals surface area contributed by atoms with Crippen LogP contribution in [-0.2, 0) is 9.53 Å². The number of ether oxygens (including phenoxy) is 1. The van der Waals surface area contributed by atoms with Crippen LogP contribution in [0, 0.1) is 50.7 Å². The second kappa shape index (κ2) is 7.48. The molecule has 9 atom stereocenters. The molecule has 0 aromatic rings. The molecule has 0 aromatic carbocycles. The van der Waals surface area contributed by atoms with Crippen LogP contribution in [-0.4, -0.2) is 12.1 Å². The molecule has 190 valence electrons. The Balaban J connectivity index is 1.59. The van der Waals surface area contributed by atoms with Crippen LogP contribution in [0.1, 0.15) is 114 Å². The molecule has 0 heterocycles. The highest BCUT2D eigenvalue weighted by Gasteiger charge is 2.66. The van der Waals surface area contributed by atoms with Gasteiger partial charge in [0, 0.05) is 12.3 Å². The summed E-state index contributed by atoms with van der Waals surface area (Å²) in [6.45, 7) is 21.8. The van der Waals surface area contributed by atoms with Crippen molar-refractivity contribution < 1.29 is 9.53 Å². The van der Waals surface area contributed by atoms with Crippen LogP contribution >= 0.6 is 0 Å². The molecule has 0 radical (unpaired) electrons. The van der Waals surface area contributed by atoms with Gasteiger partial charge in [-0.2, -0.15) is 0 Å². The van der Waals surface area contributed by atoms with E-state index < -0.39 is 0 Å². The minimum absolute atomic E-state index is 0.00416. The highest BCUT2D eigenvalue weighted by Crippen LogP contribution is 2.74. The smallest absolute Gasteiger partial charge is 0.302 e. The zero-order valence-electron chi connectivity index (χ0n) is 23.5. The fraction of sp³-hybridized carbons (Fsp3) is 0.844. The van der Waals surface area contributed by atoms with Crippen molar-refractivity contribution in [3.8, 4) is 0 Å². The molecule has 0 saturated heterocycles. The van der Waals surface area contributed by atoms with E-state index in [4.69, 9.17) is 4.74 Å². The quantitative estimate of drug-likeness (QED) is 0.362. The number of rotatable bonds is 1. The van der Waals surface area contributed by atoms with Crippen LogP contribution in [0.5, 0.6) is 0 Å². The molecule has 0 spiro atoms. The molecule has 0 aromatic heterocycles. The Morgan fingerprint density at radius 3 is 2.24 bits per heavy atom. The van der Waals surface area contributed by atoms with Gasteiger partial charge in [-0.3, -0.25) is 4.79 Å². The lowest BCUT2D eigenvalue weighted by Crippen LogP contribution is -2.61. The first-order chi connectivity index (χ1) is 15.7. The molecule has 0 bridgehead atoms. The van der Waals surface area contributed by atoms with Gasteiger partial charge in [0.05, 0.1) is 0 Å². The van der Waals surface area contributed by atoms with Gasteiger partial charge in [-0.15, -0.1) is 0 Å². The molecule has 4 fully saturated rings. The summed E-state index contributed by atoms with van der Waals surface area (Å²) < 4.78 is 5.89. The molecule has 2 heteroatoms. The van der Waals surface area contributed by atoms with Crippen molar-refractivity contribution in [2.75, 3.05) is 0 Å². The largest absolute Gasteiger partial charge is 0.462 e. The molecule has 0 N–H and O–H groups in total. The maximum Gasteiger partial charge on any atom is 0.302 e. The van der Waals surface area contributed by atoms with Crippen molar-refractivity contribution in [1.29, 1.82) is 0 Å². The lowest BCUT2D eigenvalue weighted by molar-refractivity contribution is -0.172. The van der Waals surface area contributed by atoms with E-state index in [2.05, 4.69) is 67.5 Å². The number of carbonyl (C=O) groups is 1. The molecular weight excluding hydrogens is 416 g/mol. The van der Waals surface area contributed by atoms with Gasteiger partial charge in [0.1, 0.15) is 6.10 Å². The summed E-state index contributed by atoms with van der Waals surface area (Å²) in [6, 6.07) is 0. The predicted molar refractivity (Wildman–Crippen MR) is 140 cm³/mol. The second-order valence-electron chi connectivity index (χ2n) is 14.8. The highest BCUT2D eigenvalue weighted by molar-refractivity contribution is 5.66. The zero-order chi connectivity index (χ0) is 24.9. The lowest BCUT2D eigenvalue weighted by atomic mass is 9.36. The Morgan fingerprint density at radius 2 is 1.56 bits per heavy atom. The standard InChI is InChI=1S/C32H50O2/c1-20-12-15-29(6)18-19-31(8)23(27(29)21(20)2)10-11-25-30(7)16-14-26(34-22(3)33)28(4,5)24(30)13-17-32(25,31)9/h10-11,20-21,24,26-27H,12-19H2,1-9H3/t20-,21+,24+,26+,27+,29-,30+,31-,32-/m1/s1. The average Bonchev–Trinajstić information content (AvgIpc) is 2.74. The monoisotopic (exact) mass is 466 g/mol. The third-order valence-electron chi connectivity index (χ3n) is 13.0. The van der Waals surface area contributed by atoms with E-state index in [1.807, 2.05) is 0 Å². The normalized spacial score (nSPS) is 51.6. The molecule has 4 saturated carbocycles. The van der Waals surface area contributed by atoms with Gasteiger partial charge >= 0.3 is 5.97 Å².